The van der Waals surface area contributed by atoms with E-state index in [1.54, 1.807) is 19.2 Å². The first-order chi connectivity index (χ1) is 17.1. The zero-order valence-corrected chi connectivity index (χ0v) is 20.7. The number of nitrogens with zero attached hydrogens (tertiary/aromatic N) is 2. The number of aryl methyl sites for hydroxylation is 1. The molecule has 0 atom stereocenters. The first-order valence-electron chi connectivity index (χ1n) is 12.2. The summed E-state index contributed by atoms with van der Waals surface area (Å²) in [6.45, 7) is 6.16. The number of methoxy groups -OCH3 is 1. The Hall–Kier alpha value is -3.80. The summed E-state index contributed by atoms with van der Waals surface area (Å²) >= 11 is 0. The number of amides is 1. The number of aromatic nitrogens is 2. The van der Waals surface area contributed by atoms with Crippen LogP contribution in [-0.4, -0.2) is 29.2 Å². The highest BCUT2D eigenvalue weighted by Crippen LogP contribution is 2.26. The number of ether oxygens (including phenoxy) is 2. The molecule has 6 nitrogen and oxygen atoms in total. The Labute approximate surface area is 206 Å². The second kappa shape index (κ2) is 11.6. The van der Waals surface area contributed by atoms with Crippen molar-refractivity contribution in [3.05, 3.63) is 89.7 Å². The Morgan fingerprint density at radius 3 is 2.46 bits per heavy atom. The summed E-state index contributed by atoms with van der Waals surface area (Å²) in [4.78, 5) is 17.6. The van der Waals surface area contributed by atoms with Crippen molar-refractivity contribution in [3.63, 3.8) is 0 Å². The lowest BCUT2D eigenvalue weighted by molar-refractivity contribution is 0.0946. The highest BCUT2D eigenvalue weighted by atomic mass is 16.5. The zero-order valence-electron chi connectivity index (χ0n) is 20.7. The smallest absolute Gasteiger partial charge is 0.255 e. The molecule has 0 aliphatic rings. The van der Waals surface area contributed by atoms with Crippen LogP contribution in [0.3, 0.4) is 0 Å². The fraction of sp³-hybridized carbons (Fsp3) is 0.310. The van der Waals surface area contributed by atoms with Gasteiger partial charge in [0.1, 0.15) is 17.3 Å². The van der Waals surface area contributed by atoms with Gasteiger partial charge in [0.15, 0.2) is 0 Å². The van der Waals surface area contributed by atoms with Gasteiger partial charge < -0.3 is 19.4 Å². The zero-order chi connectivity index (χ0) is 24.6. The molecule has 0 aliphatic heterocycles. The summed E-state index contributed by atoms with van der Waals surface area (Å²) < 4.78 is 13.6. The molecule has 1 amide bonds. The lowest BCUT2D eigenvalue weighted by Crippen LogP contribution is -2.25. The summed E-state index contributed by atoms with van der Waals surface area (Å²) in [5, 5.41) is 3.00. The maximum absolute atomic E-state index is 12.8. The number of carbonyl (C=O) groups excluding carboxylic acids is 1. The van der Waals surface area contributed by atoms with Gasteiger partial charge in [-0.05, 0) is 54.7 Å². The molecule has 6 heteroatoms. The Kier molecular flexibility index (Phi) is 8.03. The van der Waals surface area contributed by atoms with Crippen molar-refractivity contribution in [1.29, 1.82) is 0 Å². The molecule has 3 aromatic carbocycles. The van der Waals surface area contributed by atoms with E-state index in [9.17, 15) is 4.79 Å². The predicted molar refractivity (Wildman–Crippen MR) is 139 cm³/mol. The number of hydrogen-bond acceptors (Lipinski definition) is 4. The lowest BCUT2D eigenvalue weighted by Gasteiger charge is -2.14. The van der Waals surface area contributed by atoms with E-state index in [4.69, 9.17) is 14.5 Å². The second-order valence-electron chi connectivity index (χ2n) is 8.80. The van der Waals surface area contributed by atoms with Crippen LogP contribution in [0.15, 0.2) is 72.8 Å². The third-order valence-electron chi connectivity index (χ3n) is 6.07. The Balaban J connectivity index is 1.39. The summed E-state index contributed by atoms with van der Waals surface area (Å²) in [5.41, 5.74) is 3.74. The molecule has 1 N–H and O–H groups in total. The molecular formula is C29H33N3O3. The van der Waals surface area contributed by atoms with Gasteiger partial charge in [0.25, 0.3) is 5.91 Å². The van der Waals surface area contributed by atoms with E-state index < -0.39 is 0 Å². The highest BCUT2D eigenvalue weighted by molar-refractivity contribution is 5.96. The maximum atomic E-state index is 12.8. The van der Waals surface area contributed by atoms with Crippen LogP contribution in [0.2, 0.25) is 0 Å². The summed E-state index contributed by atoms with van der Waals surface area (Å²) in [7, 11) is 1.57. The van der Waals surface area contributed by atoms with Crippen LogP contribution in [0.5, 0.6) is 11.5 Å². The van der Waals surface area contributed by atoms with E-state index in [1.807, 2.05) is 42.5 Å². The summed E-state index contributed by atoms with van der Waals surface area (Å²) in [6.07, 6.45) is 1.86. The minimum Gasteiger partial charge on any atom is -0.496 e. The number of nitrogens with one attached hydrogen (secondary N) is 1. The summed E-state index contributed by atoms with van der Waals surface area (Å²) in [5.74, 6) is 2.60. The molecule has 0 bridgehead atoms. The van der Waals surface area contributed by atoms with Crippen molar-refractivity contribution < 1.29 is 14.3 Å². The van der Waals surface area contributed by atoms with Gasteiger partial charge in [-0.15, -0.1) is 0 Å². The number of hydrogen-bond donors (Lipinski definition) is 1. The van der Waals surface area contributed by atoms with Gasteiger partial charge in [-0.1, -0.05) is 56.3 Å². The van der Waals surface area contributed by atoms with Gasteiger partial charge in [0, 0.05) is 6.54 Å². The maximum Gasteiger partial charge on any atom is 0.255 e. The molecule has 182 valence electrons. The molecule has 0 aliphatic carbocycles. The van der Waals surface area contributed by atoms with E-state index in [-0.39, 0.29) is 5.91 Å². The minimum absolute atomic E-state index is 0.182. The van der Waals surface area contributed by atoms with Crippen LogP contribution in [0.25, 0.3) is 11.0 Å². The van der Waals surface area contributed by atoms with Crippen molar-refractivity contribution in [2.75, 3.05) is 13.7 Å². The van der Waals surface area contributed by atoms with Gasteiger partial charge in [-0.25, -0.2) is 4.98 Å². The van der Waals surface area contributed by atoms with Crippen LogP contribution in [-0.2, 0) is 13.1 Å². The van der Waals surface area contributed by atoms with Crippen molar-refractivity contribution in [1.82, 2.24) is 14.9 Å². The minimum atomic E-state index is -0.182. The third kappa shape index (κ3) is 5.83. The summed E-state index contributed by atoms with van der Waals surface area (Å²) in [6, 6.07) is 23.5. The van der Waals surface area contributed by atoms with E-state index in [1.165, 1.54) is 5.56 Å². The molecule has 1 heterocycles. The van der Waals surface area contributed by atoms with Crippen molar-refractivity contribution in [2.24, 2.45) is 0 Å². The van der Waals surface area contributed by atoms with E-state index in [0.29, 0.717) is 30.4 Å². The Bertz CT molecular complexity index is 1280. The third-order valence-corrected chi connectivity index (χ3v) is 6.07. The number of rotatable bonds is 11. The number of fused-ring (bicyclic) bond motifs is 1. The molecule has 35 heavy (non-hydrogen) atoms. The molecule has 4 rings (SSSR count). The fourth-order valence-electron chi connectivity index (χ4n) is 4.24. The Morgan fingerprint density at radius 2 is 1.66 bits per heavy atom. The fourth-order valence-corrected chi connectivity index (χ4v) is 4.24. The van der Waals surface area contributed by atoms with Crippen LogP contribution in [0.4, 0.5) is 0 Å². The van der Waals surface area contributed by atoms with Gasteiger partial charge in [-0.2, -0.15) is 0 Å². The molecule has 0 saturated heterocycles. The molecule has 4 aromatic rings. The molecule has 0 spiro atoms. The van der Waals surface area contributed by atoms with E-state index in [0.717, 1.165) is 42.0 Å². The van der Waals surface area contributed by atoms with Crippen molar-refractivity contribution in [3.8, 4) is 11.5 Å². The van der Waals surface area contributed by atoms with Crippen LogP contribution in [0, 0.1) is 0 Å². The number of carbonyl (C=O) groups is 1. The average molecular weight is 472 g/mol. The monoisotopic (exact) mass is 471 g/mol. The highest BCUT2D eigenvalue weighted by Gasteiger charge is 2.15. The molecule has 0 saturated carbocycles. The molecule has 1 aromatic heterocycles. The van der Waals surface area contributed by atoms with E-state index in [2.05, 4.69) is 41.9 Å². The van der Waals surface area contributed by atoms with Gasteiger partial charge in [-0.3, -0.25) is 4.79 Å². The van der Waals surface area contributed by atoms with Gasteiger partial charge in [0.2, 0.25) is 0 Å². The number of para-hydroxylation sites is 4. The second-order valence-corrected chi connectivity index (χ2v) is 8.80. The van der Waals surface area contributed by atoms with E-state index >= 15 is 0 Å². The lowest BCUT2D eigenvalue weighted by atomic mass is 10.0. The van der Waals surface area contributed by atoms with Crippen molar-refractivity contribution in [2.45, 2.75) is 45.7 Å². The van der Waals surface area contributed by atoms with Crippen LogP contribution >= 0.6 is 0 Å². The average Bonchev–Trinajstić information content (AvgIpc) is 3.24. The quantitative estimate of drug-likeness (QED) is 0.274. The molecule has 0 fully saturated rings. The standard InChI is InChI=1S/C29H33N3O3/c1-21(2)22-12-4-9-17-27(22)35-19-11-10-18-32-25-15-7-6-14-24(25)31-28(32)20-30-29(33)23-13-5-8-16-26(23)34-3/h4-9,12-17,21H,10-11,18-20H2,1-3H3,(H,30,33). The SMILES string of the molecule is COc1ccccc1C(=O)NCc1nc2ccccc2n1CCCCOc1ccccc1C(C)C. The molecule has 0 unspecified atom stereocenters. The van der Waals surface area contributed by atoms with Crippen LogP contribution in [0.1, 0.15) is 54.4 Å². The number of unbranched alkanes of at least 4 members (excludes halogenated alkanes) is 1. The number of imidazole rings is 1. The number of benzene rings is 3. The van der Waals surface area contributed by atoms with Crippen molar-refractivity contribution >= 4 is 16.9 Å². The first-order valence-corrected chi connectivity index (χ1v) is 12.2. The normalized spacial score (nSPS) is 11.1. The van der Waals surface area contributed by atoms with Gasteiger partial charge in [0.05, 0.1) is 36.9 Å². The topological polar surface area (TPSA) is 65.4 Å². The van der Waals surface area contributed by atoms with Gasteiger partial charge >= 0.3 is 0 Å². The van der Waals surface area contributed by atoms with Crippen LogP contribution < -0.4 is 14.8 Å². The Morgan fingerprint density at radius 1 is 0.943 bits per heavy atom. The predicted octanol–water partition coefficient (Wildman–Crippen LogP) is 5.96. The first kappa shape index (κ1) is 24.3. The largest absolute Gasteiger partial charge is 0.496 e. The molecular weight excluding hydrogens is 438 g/mol. The molecule has 0 radical (unpaired) electrons.